The van der Waals surface area contributed by atoms with E-state index in [1.807, 2.05) is 0 Å². The monoisotopic (exact) mass is 550 g/mol. The number of nitrogens with one attached hydrogen (secondary N) is 1. The van der Waals surface area contributed by atoms with Crippen LogP contribution in [0.4, 0.5) is 29.9 Å². The van der Waals surface area contributed by atoms with Crippen molar-refractivity contribution in [1.82, 2.24) is 19.5 Å². The molecule has 0 bridgehead atoms. The van der Waals surface area contributed by atoms with Crippen LogP contribution in [0.15, 0.2) is 54.9 Å². The number of piperidine rings is 1. The molecule has 1 saturated heterocycles. The fourth-order valence-electron chi connectivity index (χ4n) is 6.14. The number of hydroxylamine groups is 2. The van der Waals surface area contributed by atoms with E-state index >= 15 is 0 Å². The number of fused-ring (bicyclic) bond motifs is 2. The second-order valence-electron chi connectivity index (χ2n) is 10.4. The van der Waals surface area contributed by atoms with E-state index in [0.717, 1.165) is 6.07 Å². The van der Waals surface area contributed by atoms with Gasteiger partial charge in [-0.25, -0.2) is 28.0 Å². The summed E-state index contributed by atoms with van der Waals surface area (Å²) in [5.41, 5.74) is 8.10. The number of pyridine rings is 2. The standard InChI is InChI=1S/C28H28F2N6O4/c29-20-6-1-4-17(23(20)30)18-8-9-22(25-19(24(18)31)5-2-12-32-25)40-28(38)35-14-10-16(11-15-35)36(39)21-7-3-13-33-26(21)34-27(36)37/h1-7,12-13,16,18,22,24H,8-11,14-15,31H2,(H,33,34,37)/t18-,22+,24-,36?/m0/s1. The summed E-state index contributed by atoms with van der Waals surface area (Å²) in [5.74, 6) is -2.16. The van der Waals surface area contributed by atoms with Crippen molar-refractivity contribution < 1.29 is 23.1 Å². The van der Waals surface area contributed by atoms with Crippen LogP contribution in [0.25, 0.3) is 0 Å². The van der Waals surface area contributed by atoms with Gasteiger partial charge in [0.1, 0.15) is 12.1 Å². The summed E-state index contributed by atoms with van der Waals surface area (Å²) < 4.78 is 33.5. The van der Waals surface area contributed by atoms with Crippen molar-refractivity contribution in [3.8, 4) is 0 Å². The molecule has 3 aliphatic rings. The third-order valence-corrected chi connectivity index (χ3v) is 8.24. The van der Waals surface area contributed by atoms with Crippen molar-refractivity contribution in [2.24, 2.45) is 5.73 Å². The molecule has 40 heavy (non-hydrogen) atoms. The van der Waals surface area contributed by atoms with Crippen molar-refractivity contribution in [3.63, 3.8) is 0 Å². The third kappa shape index (κ3) is 4.28. The van der Waals surface area contributed by atoms with Crippen LogP contribution in [0.1, 0.15) is 60.6 Å². The Balaban J connectivity index is 1.17. The number of nitrogens with two attached hydrogens (primary N) is 1. The van der Waals surface area contributed by atoms with Gasteiger partial charge in [0.15, 0.2) is 17.3 Å². The lowest BCUT2D eigenvalue weighted by Gasteiger charge is -2.44. The molecule has 4 atom stereocenters. The zero-order valence-electron chi connectivity index (χ0n) is 21.5. The largest absolute Gasteiger partial charge is 0.618 e. The van der Waals surface area contributed by atoms with Crippen LogP contribution in [0.5, 0.6) is 0 Å². The number of nitrogens with zero attached hydrogens (tertiary/aromatic N) is 4. The molecule has 12 heteroatoms. The fourth-order valence-corrected chi connectivity index (χ4v) is 6.14. The van der Waals surface area contributed by atoms with Gasteiger partial charge < -0.3 is 20.6 Å². The molecule has 1 aliphatic carbocycles. The molecule has 1 aromatic carbocycles. The first-order chi connectivity index (χ1) is 19.3. The first-order valence-corrected chi connectivity index (χ1v) is 13.3. The highest BCUT2D eigenvalue weighted by Gasteiger charge is 2.48. The number of hydrogen-bond donors (Lipinski definition) is 2. The minimum Gasteiger partial charge on any atom is -0.618 e. The predicted molar refractivity (Wildman–Crippen MR) is 142 cm³/mol. The third-order valence-electron chi connectivity index (χ3n) is 8.24. The number of rotatable bonds is 3. The lowest BCUT2D eigenvalue weighted by molar-refractivity contribution is 0.0459. The number of carbonyl (C=O) groups is 2. The lowest BCUT2D eigenvalue weighted by atomic mass is 9.86. The summed E-state index contributed by atoms with van der Waals surface area (Å²) in [6.45, 7) is 0.458. The average molecular weight is 551 g/mol. The van der Waals surface area contributed by atoms with Crippen LogP contribution in [-0.2, 0) is 4.74 Å². The van der Waals surface area contributed by atoms with E-state index in [2.05, 4.69) is 15.3 Å². The molecule has 1 unspecified atom stereocenters. The molecular weight excluding hydrogens is 522 g/mol. The average Bonchev–Trinajstić information content (AvgIpc) is 3.16. The van der Waals surface area contributed by atoms with E-state index in [9.17, 15) is 23.6 Å². The molecule has 2 aromatic heterocycles. The quantitative estimate of drug-likeness (QED) is 0.266. The molecule has 0 radical (unpaired) electrons. The number of anilines is 1. The minimum absolute atomic E-state index is 0.175. The molecular formula is C28H28F2N6O4. The maximum Gasteiger partial charge on any atom is 0.427 e. The summed E-state index contributed by atoms with van der Waals surface area (Å²) >= 11 is 0. The van der Waals surface area contributed by atoms with E-state index in [0.29, 0.717) is 36.9 Å². The van der Waals surface area contributed by atoms with Crippen molar-refractivity contribution in [2.75, 3.05) is 18.4 Å². The molecule has 4 heterocycles. The maximum atomic E-state index is 14.7. The summed E-state index contributed by atoms with van der Waals surface area (Å²) in [6, 6.07) is 8.78. The van der Waals surface area contributed by atoms with Gasteiger partial charge in [-0.1, -0.05) is 18.2 Å². The molecule has 0 spiro atoms. The zero-order valence-corrected chi connectivity index (χ0v) is 21.5. The van der Waals surface area contributed by atoms with Gasteiger partial charge in [-0.3, -0.25) is 10.3 Å². The molecule has 208 valence electrons. The number of urea groups is 1. The zero-order chi connectivity index (χ0) is 28.0. The first-order valence-electron chi connectivity index (χ1n) is 13.3. The van der Waals surface area contributed by atoms with Gasteiger partial charge >= 0.3 is 12.1 Å². The second kappa shape index (κ2) is 10.2. The van der Waals surface area contributed by atoms with Gasteiger partial charge in [-0.15, -0.1) is 0 Å². The van der Waals surface area contributed by atoms with E-state index in [1.54, 1.807) is 30.5 Å². The number of halogens is 2. The van der Waals surface area contributed by atoms with Crippen molar-refractivity contribution >= 4 is 23.6 Å². The number of ether oxygens (including phenoxy) is 1. The summed E-state index contributed by atoms with van der Waals surface area (Å²) in [7, 11) is 0. The van der Waals surface area contributed by atoms with Crippen LogP contribution < -0.4 is 15.7 Å². The van der Waals surface area contributed by atoms with Crippen LogP contribution in [-0.4, -0.2) is 46.1 Å². The number of aromatic nitrogens is 2. The highest BCUT2D eigenvalue weighted by molar-refractivity contribution is 6.07. The van der Waals surface area contributed by atoms with E-state index in [-0.39, 0.29) is 30.2 Å². The fraction of sp³-hybridized carbons (Fsp3) is 0.357. The first kappa shape index (κ1) is 26.2. The van der Waals surface area contributed by atoms with Gasteiger partial charge in [0.05, 0.1) is 5.69 Å². The molecule has 10 nitrogen and oxygen atoms in total. The predicted octanol–water partition coefficient (Wildman–Crippen LogP) is 5.03. The highest BCUT2D eigenvalue weighted by Crippen LogP contribution is 2.44. The Morgan fingerprint density at radius 1 is 1.02 bits per heavy atom. The minimum atomic E-state index is -1.15. The van der Waals surface area contributed by atoms with Crippen LogP contribution in [0.2, 0.25) is 0 Å². The molecule has 1 fully saturated rings. The highest BCUT2D eigenvalue weighted by atomic mass is 19.2. The van der Waals surface area contributed by atoms with Crippen LogP contribution >= 0.6 is 0 Å². The number of amides is 3. The molecule has 3 amide bonds. The molecule has 3 N–H and O–H groups in total. The summed E-state index contributed by atoms with van der Waals surface area (Å²) in [5, 5.41) is 16.2. The van der Waals surface area contributed by atoms with Gasteiger partial charge in [-0.05, 0) is 42.2 Å². The maximum absolute atomic E-state index is 14.7. The Morgan fingerprint density at radius 2 is 1.75 bits per heavy atom. The lowest BCUT2D eigenvalue weighted by Crippen LogP contribution is -2.58. The molecule has 0 saturated carbocycles. The van der Waals surface area contributed by atoms with Crippen molar-refractivity contribution in [2.45, 2.75) is 49.8 Å². The molecule has 3 aromatic rings. The number of benzene rings is 1. The second-order valence-corrected chi connectivity index (χ2v) is 10.4. The smallest absolute Gasteiger partial charge is 0.427 e. The van der Waals surface area contributed by atoms with Gasteiger partial charge in [0, 0.05) is 56.4 Å². The van der Waals surface area contributed by atoms with Crippen molar-refractivity contribution in [3.05, 3.63) is 88.5 Å². The Kier molecular flexibility index (Phi) is 6.69. The summed E-state index contributed by atoms with van der Waals surface area (Å²) in [6.07, 6.45) is 3.02. The molecule has 2 aliphatic heterocycles. The molecule has 6 rings (SSSR count). The SMILES string of the molecule is N[C@@H]1c2cccnc2[C@H](OC(=O)N2CCC([N+]3([O-])C(=O)Nc4ncccc43)CC2)CC[C@H]1c1cccc(F)c1F. The number of carbonyl (C=O) groups excluding carboxylic acids is 2. The van der Waals surface area contributed by atoms with Gasteiger partial charge in [0.25, 0.3) is 0 Å². The number of likely N-dealkylation sites (tertiary alicyclic amines) is 1. The summed E-state index contributed by atoms with van der Waals surface area (Å²) in [4.78, 5) is 35.9. The van der Waals surface area contributed by atoms with Crippen molar-refractivity contribution in [1.29, 1.82) is 0 Å². The Labute approximate surface area is 228 Å². The van der Waals surface area contributed by atoms with Gasteiger partial charge in [0.2, 0.25) is 5.82 Å². The normalized spacial score (nSPS) is 26.4. The Morgan fingerprint density at radius 3 is 2.55 bits per heavy atom. The van der Waals surface area contributed by atoms with E-state index in [1.165, 1.54) is 23.2 Å². The van der Waals surface area contributed by atoms with E-state index < -0.39 is 52.5 Å². The van der Waals surface area contributed by atoms with Crippen LogP contribution in [0.3, 0.4) is 0 Å². The Bertz CT molecular complexity index is 1470. The number of hydrogen-bond acceptors (Lipinski definition) is 7. The number of quaternary nitrogens is 1. The topological polar surface area (TPSA) is 134 Å². The van der Waals surface area contributed by atoms with Gasteiger partial charge in [-0.2, -0.15) is 0 Å². The van der Waals surface area contributed by atoms with Crippen LogP contribution in [0, 0.1) is 16.8 Å². The van der Waals surface area contributed by atoms with E-state index in [4.69, 9.17) is 10.5 Å². The Hall–Kier alpha value is -4.00.